The Kier molecular flexibility index (Phi) is 5.21. The number of hydrogen-bond donors (Lipinski definition) is 1. The molecule has 5 saturated carbocycles. The van der Waals surface area contributed by atoms with Crippen LogP contribution in [0.4, 0.5) is 0 Å². The van der Waals surface area contributed by atoms with Crippen LogP contribution < -0.4 is 0 Å². The van der Waals surface area contributed by atoms with E-state index in [2.05, 4.69) is 55.0 Å². The monoisotopic (exact) mass is 440 g/mol. The van der Waals surface area contributed by atoms with E-state index in [0.29, 0.717) is 27.6 Å². The average Bonchev–Trinajstić information content (AvgIpc) is 3.31. The van der Waals surface area contributed by atoms with Crippen molar-refractivity contribution in [2.24, 2.45) is 56.7 Å². The van der Waals surface area contributed by atoms with Crippen molar-refractivity contribution in [3.05, 3.63) is 12.2 Å². The summed E-state index contributed by atoms with van der Waals surface area (Å²) in [5.41, 5.74) is 3.71. The molecule has 1 heteroatoms. The topological polar surface area (TPSA) is 20.2 Å². The first-order valence-corrected chi connectivity index (χ1v) is 14.2. The minimum absolute atomic E-state index is 0.0879. The molecule has 0 aromatic carbocycles. The molecule has 0 saturated heterocycles. The Bertz CT molecular complexity index is 781. The number of aliphatic hydroxyl groups excluding tert-OH is 1. The van der Waals surface area contributed by atoms with E-state index in [4.69, 9.17) is 0 Å². The SMILES string of the molecule is C=C(C)[C@@H](C)CC[C@@H](C)[C@H]1CC[C@@]2(C)[C@@H]3CC[C@H]4C(C)(C)[C@@H](O)CC[C@@]45C[C@@]35CC[C@]12C. The molecule has 0 amide bonds. The standard InChI is InChI=1S/C31H52O/c1-20(2)21(3)9-10-22(4)23-13-15-29(8)25-12-11-24-27(5,6)26(32)14-16-30(24)19-31(25,30)18-17-28(23,29)7/h21-26,32H,1,9-19H2,2-8H3/t21-,22+,23+,24-,25-,26-,28+,29-,30+,31-/m0/s1. The first-order chi connectivity index (χ1) is 14.9. The summed E-state index contributed by atoms with van der Waals surface area (Å²) in [6.45, 7) is 21.6. The molecule has 5 aliphatic rings. The number of fused-ring (bicyclic) bond motifs is 2. The molecule has 32 heavy (non-hydrogen) atoms. The van der Waals surface area contributed by atoms with E-state index >= 15 is 0 Å². The Morgan fingerprint density at radius 3 is 2.19 bits per heavy atom. The van der Waals surface area contributed by atoms with Crippen LogP contribution in [0.3, 0.4) is 0 Å². The van der Waals surface area contributed by atoms with Crippen LogP contribution in [-0.4, -0.2) is 11.2 Å². The Labute approximate surface area is 199 Å². The highest BCUT2D eigenvalue weighted by atomic mass is 16.3. The lowest BCUT2D eigenvalue weighted by atomic mass is 9.41. The summed E-state index contributed by atoms with van der Waals surface area (Å²) in [5, 5.41) is 10.9. The maximum Gasteiger partial charge on any atom is 0.0594 e. The highest BCUT2D eigenvalue weighted by molar-refractivity contribution is 5.30. The van der Waals surface area contributed by atoms with Crippen molar-refractivity contribution in [2.45, 2.75) is 125 Å². The molecule has 0 aliphatic heterocycles. The number of hydrogen-bond acceptors (Lipinski definition) is 1. The molecule has 0 aromatic rings. The summed E-state index contributed by atoms with van der Waals surface area (Å²) in [7, 11) is 0. The zero-order valence-electron chi connectivity index (χ0n) is 22.4. The van der Waals surface area contributed by atoms with Crippen LogP contribution in [0.2, 0.25) is 0 Å². The van der Waals surface area contributed by atoms with E-state index in [-0.39, 0.29) is 11.5 Å². The third kappa shape index (κ3) is 2.73. The van der Waals surface area contributed by atoms with E-state index in [1.54, 1.807) is 0 Å². The molecule has 0 heterocycles. The number of aliphatic hydroxyl groups is 1. The minimum atomic E-state index is -0.0879. The Balaban J connectivity index is 1.39. The van der Waals surface area contributed by atoms with Crippen LogP contribution in [0.15, 0.2) is 12.2 Å². The molecular formula is C31H52O. The van der Waals surface area contributed by atoms with Gasteiger partial charge in [0.25, 0.3) is 0 Å². The molecule has 5 fully saturated rings. The number of rotatable bonds is 5. The van der Waals surface area contributed by atoms with E-state index < -0.39 is 0 Å². The van der Waals surface area contributed by atoms with E-state index in [9.17, 15) is 5.11 Å². The van der Waals surface area contributed by atoms with Gasteiger partial charge in [-0.3, -0.25) is 0 Å². The highest BCUT2D eigenvalue weighted by Crippen LogP contribution is 2.89. The fraction of sp³-hybridized carbons (Fsp3) is 0.935. The molecule has 1 nitrogen and oxygen atoms in total. The van der Waals surface area contributed by atoms with Gasteiger partial charge < -0.3 is 5.11 Å². The van der Waals surface area contributed by atoms with Gasteiger partial charge in [-0.15, -0.1) is 0 Å². The summed E-state index contributed by atoms with van der Waals surface area (Å²) < 4.78 is 0. The maximum absolute atomic E-state index is 10.9. The van der Waals surface area contributed by atoms with Crippen LogP contribution in [-0.2, 0) is 0 Å². The first kappa shape index (κ1) is 23.4. The fourth-order valence-electron chi connectivity index (χ4n) is 11.3. The van der Waals surface area contributed by atoms with Crippen molar-refractivity contribution < 1.29 is 5.11 Å². The van der Waals surface area contributed by atoms with Crippen LogP contribution in [0, 0.1) is 56.7 Å². The van der Waals surface area contributed by atoms with Crippen molar-refractivity contribution in [1.82, 2.24) is 0 Å². The highest BCUT2D eigenvalue weighted by Gasteiger charge is 2.82. The zero-order chi connectivity index (χ0) is 23.3. The van der Waals surface area contributed by atoms with Gasteiger partial charge in [0, 0.05) is 0 Å². The third-order valence-corrected chi connectivity index (χ3v) is 13.7. The predicted octanol–water partition coefficient (Wildman–Crippen LogP) is 8.41. The quantitative estimate of drug-likeness (QED) is 0.425. The predicted molar refractivity (Wildman–Crippen MR) is 135 cm³/mol. The largest absolute Gasteiger partial charge is 0.393 e. The normalized spacial score (nSPS) is 52.8. The van der Waals surface area contributed by atoms with Gasteiger partial charge in [0.15, 0.2) is 0 Å². The van der Waals surface area contributed by atoms with Crippen LogP contribution in [0.25, 0.3) is 0 Å². The van der Waals surface area contributed by atoms with Gasteiger partial charge in [-0.25, -0.2) is 0 Å². The second-order valence-electron chi connectivity index (χ2n) is 14.8. The molecule has 2 spiro atoms. The van der Waals surface area contributed by atoms with Crippen molar-refractivity contribution in [1.29, 1.82) is 0 Å². The minimum Gasteiger partial charge on any atom is -0.393 e. The molecule has 1 N–H and O–H groups in total. The molecule has 0 bridgehead atoms. The van der Waals surface area contributed by atoms with Crippen LogP contribution >= 0.6 is 0 Å². The van der Waals surface area contributed by atoms with Crippen molar-refractivity contribution in [3.8, 4) is 0 Å². The lowest BCUT2D eigenvalue weighted by Gasteiger charge is -2.63. The van der Waals surface area contributed by atoms with E-state index in [1.807, 2.05) is 0 Å². The molecule has 5 rings (SSSR count). The summed E-state index contributed by atoms with van der Waals surface area (Å²) >= 11 is 0. The average molecular weight is 441 g/mol. The molecule has 5 aliphatic carbocycles. The van der Waals surface area contributed by atoms with Crippen LogP contribution in [0.1, 0.15) is 119 Å². The van der Waals surface area contributed by atoms with Crippen molar-refractivity contribution in [2.75, 3.05) is 0 Å². The van der Waals surface area contributed by atoms with Gasteiger partial charge >= 0.3 is 0 Å². The summed E-state index contributed by atoms with van der Waals surface area (Å²) in [6.07, 6.45) is 15.1. The lowest BCUT2D eigenvalue weighted by molar-refractivity contribution is -0.161. The first-order valence-electron chi connectivity index (χ1n) is 14.2. The maximum atomic E-state index is 10.9. The van der Waals surface area contributed by atoms with Gasteiger partial charge in [0.2, 0.25) is 0 Å². The zero-order valence-corrected chi connectivity index (χ0v) is 22.4. The summed E-state index contributed by atoms with van der Waals surface area (Å²) in [6, 6.07) is 0. The summed E-state index contributed by atoms with van der Waals surface area (Å²) in [4.78, 5) is 0. The van der Waals surface area contributed by atoms with Crippen molar-refractivity contribution >= 4 is 0 Å². The number of allylic oxidation sites excluding steroid dienone is 1. The second kappa shape index (κ2) is 7.11. The van der Waals surface area contributed by atoms with Crippen LogP contribution in [0.5, 0.6) is 0 Å². The molecule has 182 valence electrons. The molecule has 10 atom stereocenters. The fourth-order valence-corrected chi connectivity index (χ4v) is 11.3. The Morgan fingerprint density at radius 1 is 0.844 bits per heavy atom. The molecule has 0 radical (unpaired) electrons. The van der Waals surface area contributed by atoms with E-state index in [1.165, 1.54) is 69.8 Å². The third-order valence-electron chi connectivity index (χ3n) is 13.7. The Hall–Kier alpha value is -0.300. The lowest BCUT2D eigenvalue weighted by Crippen LogP contribution is -2.57. The van der Waals surface area contributed by atoms with E-state index in [0.717, 1.165) is 30.1 Å². The summed E-state index contributed by atoms with van der Waals surface area (Å²) in [5.74, 6) is 4.09. The molecule has 0 aromatic heterocycles. The van der Waals surface area contributed by atoms with Crippen molar-refractivity contribution in [3.63, 3.8) is 0 Å². The molecular weight excluding hydrogens is 388 g/mol. The van der Waals surface area contributed by atoms with Gasteiger partial charge in [-0.05, 0) is 134 Å². The van der Waals surface area contributed by atoms with Gasteiger partial charge in [0.1, 0.15) is 0 Å². The van der Waals surface area contributed by atoms with Gasteiger partial charge in [-0.2, -0.15) is 0 Å². The second-order valence-corrected chi connectivity index (χ2v) is 14.8. The molecule has 0 unspecified atom stereocenters. The van der Waals surface area contributed by atoms with Gasteiger partial charge in [0.05, 0.1) is 6.10 Å². The van der Waals surface area contributed by atoms with Gasteiger partial charge in [-0.1, -0.05) is 53.7 Å². The Morgan fingerprint density at radius 2 is 1.50 bits per heavy atom. The smallest absolute Gasteiger partial charge is 0.0594 e.